The van der Waals surface area contributed by atoms with E-state index in [-0.39, 0.29) is 23.9 Å². The molecule has 2 aromatic carbocycles. The third-order valence-electron chi connectivity index (χ3n) is 4.44. The van der Waals surface area contributed by atoms with Crippen LogP contribution in [0.4, 0.5) is 5.69 Å². The van der Waals surface area contributed by atoms with Crippen LogP contribution in [0.2, 0.25) is 0 Å². The van der Waals surface area contributed by atoms with Crippen molar-refractivity contribution in [3.8, 4) is 0 Å². The maximum Gasteiger partial charge on any atom is 0.266 e. The molecular formula is C21H16N2O4. The number of nitrogens with zero attached hydrogens (tertiary/aromatic N) is 1. The summed E-state index contributed by atoms with van der Waals surface area (Å²) in [7, 11) is 0. The van der Waals surface area contributed by atoms with Gasteiger partial charge in [-0.2, -0.15) is 0 Å². The van der Waals surface area contributed by atoms with E-state index in [1.54, 1.807) is 30.3 Å². The molecule has 1 aliphatic rings. The van der Waals surface area contributed by atoms with E-state index >= 15 is 0 Å². The molecule has 27 heavy (non-hydrogen) atoms. The van der Waals surface area contributed by atoms with E-state index in [0.29, 0.717) is 22.6 Å². The summed E-state index contributed by atoms with van der Waals surface area (Å²) < 4.78 is 5.18. The number of anilines is 1. The van der Waals surface area contributed by atoms with Crippen molar-refractivity contribution < 1.29 is 18.8 Å². The minimum atomic E-state index is -0.431. The summed E-state index contributed by atoms with van der Waals surface area (Å²) in [5.41, 5.74) is 2.38. The lowest BCUT2D eigenvalue weighted by Gasteiger charge is -2.13. The zero-order valence-corrected chi connectivity index (χ0v) is 14.6. The number of aryl methyl sites for hydroxylation is 1. The van der Waals surface area contributed by atoms with Crippen molar-refractivity contribution in [3.63, 3.8) is 0 Å². The van der Waals surface area contributed by atoms with Gasteiger partial charge in [-0.1, -0.05) is 17.7 Å². The summed E-state index contributed by atoms with van der Waals surface area (Å²) in [4.78, 5) is 38.9. The molecule has 0 atom stereocenters. The highest BCUT2D eigenvalue weighted by Crippen LogP contribution is 2.29. The van der Waals surface area contributed by atoms with Gasteiger partial charge >= 0.3 is 0 Å². The Kier molecular flexibility index (Phi) is 4.08. The van der Waals surface area contributed by atoms with Gasteiger partial charge in [0.25, 0.3) is 17.7 Å². The highest BCUT2D eigenvalue weighted by atomic mass is 16.3. The number of amides is 3. The van der Waals surface area contributed by atoms with Crippen LogP contribution in [-0.2, 0) is 6.54 Å². The predicted molar refractivity (Wildman–Crippen MR) is 98.6 cm³/mol. The van der Waals surface area contributed by atoms with Crippen molar-refractivity contribution in [1.82, 2.24) is 5.32 Å². The van der Waals surface area contributed by atoms with E-state index in [9.17, 15) is 14.4 Å². The molecule has 6 heteroatoms. The fourth-order valence-electron chi connectivity index (χ4n) is 2.99. The molecule has 4 rings (SSSR count). The third kappa shape index (κ3) is 3.01. The minimum absolute atomic E-state index is 0.228. The lowest BCUT2D eigenvalue weighted by molar-refractivity contribution is 0.0923. The van der Waals surface area contributed by atoms with Crippen molar-refractivity contribution in [3.05, 3.63) is 88.9 Å². The van der Waals surface area contributed by atoms with Crippen molar-refractivity contribution in [2.24, 2.45) is 0 Å². The number of hydrogen-bond acceptors (Lipinski definition) is 4. The summed E-state index contributed by atoms with van der Waals surface area (Å²) in [5.74, 6) is -0.537. The number of hydrogen-bond donors (Lipinski definition) is 1. The number of nitrogens with one attached hydrogen (secondary N) is 1. The van der Waals surface area contributed by atoms with Crippen molar-refractivity contribution in [1.29, 1.82) is 0 Å². The van der Waals surface area contributed by atoms with Crippen molar-refractivity contribution >= 4 is 23.4 Å². The number of fused-ring (bicyclic) bond motifs is 1. The zero-order chi connectivity index (χ0) is 19.0. The van der Waals surface area contributed by atoms with Gasteiger partial charge < -0.3 is 9.73 Å². The average molecular weight is 360 g/mol. The summed E-state index contributed by atoms with van der Waals surface area (Å²) in [6.45, 7) is 2.17. The number of carbonyl (C=O) groups is 3. The monoisotopic (exact) mass is 360 g/mol. The van der Waals surface area contributed by atoms with E-state index in [1.807, 2.05) is 19.1 Å². The Morgan fingerprint density at radius 3 is 2.44 bits per heavy atom. The van der Waals surface area contributed by atoms with E-state index in [1.165, 1.54) is 18.4 Å². The molecule has 6 nitrogen and oxygen atoms in total. The molecule has 0 bridgehead atoms. The quantitative estimate of drug-likeness (QED) is 0.724. The van der Waals surface area contributed by atoms with Gasteiger partial charge in [-0.3, -0.25) is 14.4 Å². The lowest BCUT2D eigenvalue weighted by Crippen LogP contribution is -2.29. The molecule has 3 aromatic rings. The Balaban J connectivity index is 1.58. The van der Waals surface area contributed by atoms with Gasteiger partial charge in [0.2, 0.25) is 0 Å². The van der Waals surface area contributed by atoms with Crippen LogP contribution >= 0.6 is 0 Å². The van der Waals surface area contributed by atoms with Crippen LogP contribution in [0.15, 0.2) is 65.3 Å². The molecule has 0 fully saturated rings. The maximum atomic E-state index is 12.8. The van der Waals surface area contributed by atoms with Gasteiger partial charge in [0.15, 0.2) is 0 Å². The fourth-order valence-corrected chi connectivity index (χ4v) is 2.99. The smallest absolute Gasteiger partial charge is 0.266 e. The molecule has 1 aliphatic heterocycles. The van der Waals surface area contributed by atoms with Gasteiger partial charge in [-0.15, -0.1) is 0 Å². The SMILES string of the molecule is Cc1ccc(N2C(=O)c3ccc(C(=O)NCc4ccco4)cc3C2=O)cc1. The van der Waals surface area contributed by atoms with Gasteiger partial charge in [0.1, 0.15) is 5.76 Å². The summed E-state index contributed by atoms with van der Waals surface area (Å²) in [6.07, 6.45) is 1.53. The number of furan rings is 1. The topological polar surface area (TPSA) is 79.6 Å². The maximum absolute atomic E-state index is 12.8. The largest absolute Gasteiger partial charge is 0.467 e. The van der Waals surface area contributed by atoms with Gasteiger partial charge in [-0.05, 0) is 49.4 Å². The van der Waals surface area contributed by atoms with E-state index in [4.69, 9.17) is 4.42 Å². The highest BCUT2D eigenvalue weighted by Gasteiger charge is 2.37. The zero-order valence-electron chi connectivity index (χ0n) is 14.6. The van der Waals surface area contributed by atoms with Gasteiger partial charge in [-0.25, -0.2) is 4.90 Å². The van der Waals surface area contributed by atoms with Crippen LogP contribution in [0.3, 0.4) is 0 Å². The fraction of sp³-hybridized carbons (Fsp3) is 0.0952. The number of imide groups is 1. The van der Waals surface area contributed by atoms with Crippen LogP contribution in [0.5, 0.6) is 0 Å². The molecule has 1 N–H and O–H groups in total. The van der Waals surface area contributed by atoms with Crippen LogP contribution < -0.4 is 10.2 Å². The molecule has 0 saturated heterocycles. The Labute approximate surface area is 155 Å². The van der Waals surface area contributed by atoms with Crippen LogP contribution in [0.1, 0.15) is 42.4 Å². The second-order valence-electron chi connectivity index (χ2n) is 6.30. The standard InChI is InChI=1S/C21H16N2O4/c1-13-4-7-15(8-5-13)23-20(25)17-9-6-14(11-18(17)21(23)26)19(24)22-12-16-3-2-10-27-16/h2-11H,12H2,1H3,(H,22,24). The molecular weight excluding hydrogens is 344 g/mol. The molecule has 0 saturated carbocycles. The molecule has 3 amide bonds. The second-order valence-corrected chi connectivity index (χ2v) is 6.30. The van der Waals surface area contributed by atoms with Crippen LogP contribution in [0.25, 0.3) is 0 Å². The van der Waals surface area contributed by atoms with Crippen molar-refractivity contribution in [2.45, 2.75) is 13.5 Å². The molecule has 0 unspecified atom stereocenters. The normalized spacial score (nSPS) is 13.0. The summed E-state index contributed by atoms with van der Waals surface area (Å²) in [6, 6.07) is 15.2. The molecule has 0 aliphatic carbocycles. The first-order valence-corrected chi connectivity index (χ1v) is 8.44. The lowest BCUT2D eigenvalue weighted by atomic mass is 10.1. The third-order valence-corrected chi connectivity index (χ3v) is 4.44. The Morgan fingerprint density at radius 2 is 1.74 bits per heavy atom. The number of rotatable bonds is 4. The second kappa shape index (κ2) is 6.57. The Morgan fingerprint density at radius 1 is 1.00 bits per heavy atom. The first-order valence-electron chi connectivity index (χ1n) is 8.44. The van der Waals surface area contributed by atoms with E-state index in [2.05, 4.69) is 5.32 Å². The molecule has 1 aromatic heterocycles. The number of benzene rings is 2. The first-order chi connectivity index (χ1) is 13.0. The van der Waals surface area contributed by atoms with Crippen LogP contribution in [-0.4, -0.2) is 17.7 Å². The van der Waals surface area contributed by atoms with E-state index < -0.39 is 5.91 Å². The molecule has 134 valence electrons. The molecule has 0 spiro atoms. The summed E-state index contributed by atoms with van der Waals surface area (Å²) in [5, 5.41) is 2.73. The molecule has 0 radical (unpaired) electrons. The highest BCUT2D eigenvalue weighted by molar-refractivity contribution is 6.34. The van der Waals surface area contributed by atoms with Crippen molar-refractivity contribution in [2.75, 3.05) is 4.90 Å². The van der Waals surface area contributed by atoms with E-state index in [0.717, 1.165) is 10.5 Å². The average Bonchev–Trinajstić information content (AvgIpc) is 3.28. The Hall–Kier alpha value is -3.67. The number of carbonyl (C=O) groups excluding carboxylic acids is 3. The van der Waals surface area contributed by atoms with Gasteiger partial charge in [0, 0.05) is 5.56 Å². The first kappa shape index (κ1) is 16.8. The molecule has 2 heterocycles. The van der Waals surface area contributed by atoms with Crippen LogP contribution in [0, 0.1) is 6.92 Å². The summed E-state index contributed by atoms with van der Waals surface area (Å²) >= 11 is 0. The minimum Gasteiger partial charge on any atom is -0.467 e. The predicted octanol–water partition coefficient (Wildman–Crippen LogP) is 3.32. The van der Waals surface area contributed by atoms with Gasteiger partial charge in [0.05, 0.1) is 29.6 Å². The Bertz CT molecular complexity index is 1040.